The molecule has 3 aromatic rings. The van der Waals surface area contributed by atoms with E-state index in [0.29, 0.717) is 35.3 Å². The summed E-state index contributed by atoms with van der Waals surface area (Å²) < 4.78 is 32.7. The molecule has 0 bridgehead atoms. The molecule has 0 unspecified atom stereocenters. The van der Waals surface area contributed by atoms with Gasteiger partial charge in [0.15, 0.2) is 5.82 Å². The number of amides is 1. The van der Waals surface area contributed by atoms with E-state index in [2.05, 4.69) is 20.6 Å². The molecule has 0 spiro atoms. The molecule has 1 saturated heterocycles. The molecular weight excluding hydrogens is 418 g/mol. The number of rotatable bonds is 6. The maximum Gasteiger partial charge on any atom is 0.263 e. The standard InChI is InChI=1S/C19H17ClF2N6O2/c20-14-9-24-28(13-3-1-12(2-4-13)19(21)22)15(14)11-30-18-6-5-16(25-26-18)27-8-7-23-17(29)10-27/h1-6,9,19H,7-8,10-11H2,(H,23,29). The second kappa shape index (κ2) is 8.62. The number of halogens is 3. The fourth-order valence-corrected chi connectivity index (χ4v) is 3.18. The molecule has 8 nitrogen and oxygen atoms in total. The van der Waals surface area contributed by atoms with Gasteiger partial charge in [0.1, 0.15) is 12.3 Å². The van der Waals surface area contributed by atoms with Crippen LogP contribution in [0.5, 0.6) is 5.88 Å². The van der Waals surface area contributed by atoms with Gasteiger partial charge in [-0.15, -0.1) is 10.2 Å². The average Bonchev–Trinajstić information content (AvgIpc) is 3.13. The van der Waals surface area contributed by atoms with Crippen LogP contribution in [0.4, 0.5) is 14.6 Å². The van der Waals surface area contributed by atoms with E-state index < -0.39 is 6.43 Å². The van der Waals surface area contributed by atoms with E-state index in [9.17, 15) is 13.6 Å². The molecule has 1 amide bonds. The largest absolute Gasteiger partial charge is 0.470 e. The second-order valence-corrected chi connectivity index (χ2v) is 6.94. The van der Waals surface area contributed by atoms with E-state index in [1.54, 1.807) is 12.1 Å². The van der Waals surface area contributed by atoms with Crippen LogP contribution in [0.2, 0.25) is 5.02 Å². The summed E-state index contributed by atoms with van der Waals surface area (Å²) in [7, 11) is 0. The van der Waals surface area contributed by atoms with Crippen molar-refractivity contribution in [3.8, 4) is 11.6 Å². The van der Waals surface area contributed by atoms with Crippen molar-refractivity contribution >= 4 is 23.3 Å². The van der Waals surface area contributed by atoms with E-state index >= 15 is 0 Å². The number of alkyl halides is 2. The molecule has 0 saturated carbocycles. The first-order valence-electron chi connectivity index (χ1n) is 9.10. The number of hydrogen-bond donors (Lipinski definition) is 1. The maximum absolute atomic E-state index is 12.8. The Balaban J connectivity index is 1.45. The molecule has 1 aromatic carbocycles. The molecule has 1 aliphatic heterocycles. The average molecular weight is 435 g/mol. The highest BCUT2D eigenvalue weighted by Gasteiger charge is 2.18. The Kier molecular flexibility index (Phi) is 5.75. The SMILES string of the molecule is O=C1CN(c2ccc(OCc3c(Cl)cnn3-c3ccc(C(F)F)cc3)nn2)CCN1. The highest BCUT2D eigenvalue weighted by molar-refractivity contribution is 6.31. The van der Waals surface area contributed by atoms with Gasteiger partial charge >= 0.3 is 0 Å². The molecule has 11 heteroatoms. The fourth-order valence-electron chi connectivity index (χ4n) is 3.00. The normalized spacial score (nSPS) is 14.1. The number of aromatic nitrogens is 4. The summed E-state index contributed by atoms with van der Waals surface area (Å²) in [5, 5.41) is 15.5. The molecule has 1 fully saturated rings. The lowest BCUT2D eigenvalue weighted by atomic mass is 10.2. The van der Waals surface area contributed by atoms with Crippen molar-refractivity contribution in [2.75, 3.05) is 24.5 Å². The Morgan fingerprint density at radius 1 is 1.17 bits per heavy atom. The van der Waals surface area contributed by atoms with Crippen LogP contribution in [0, 0.1) is 0 Å². The van der Waals surface area contributed by atoms with Gasteiger partial charge in [-0.1, -0.05) is 23.7 Å². The smallest absolute Gasteiger partial charge is 0.263 e. The number of piperazine rings is 1. The first kappa shape index (κ1) is 20.0. The van der Waals surface area contributed by atoms with Crippen molar-refractivity contribution in [2.45, 2.75) is 13.0 Å². The summed E-state index contributed by atoms with van der Waals surface area (Å²) in [6.45, 7) is 1.49. The van der Waals surface area contributed by atoms with E-state index in [-0.39, 0.29) is 30.5 Å². The predicted molar refractivity (Wildman–Crippen MR) is 105 cm³/mol. The molecule has 0 radical (unpaired) electrons. The minimum atomic E-state index is -2.54. The fraction of sp³-hybridized carbons (Fsp3) is 0.263. The van der Waals surface area contributed by atoms with Crippen molar-refractivity contribution in [1.82, 2.24) is 25.3 Å². The third-order valence-corrected chi connectivity index (χ3v) is 4.87. The minimum absolute atomic E-state index is 0.0512. The van der Waals surface area contributed by atoms with Crippen LogP contribution in [-0.2, 0) is 11.4 Å². The molecule has 3 heterocycles. The van der Waals surface area contributed by atoms with Crippen LogP contribution in [-0.4, -0.2) is 45.5 Å². The number of nitrogens with zero attached hydrogens (tertiary/aromatic N) is 5. The van der Waals surface area contributed by atoms with Crippen LogP contribution < -0.4 is 15.0 Å². The van der Waals surface area contributed by atoms with Gasteiger partial charge in [0.05, 0.1) is 23.5 Å². The van der Waals surface area contributed by atoms with Crippen LogP contribution in [0.15, 0.2) is 42.6 Å². The maximum atomic E-state index is 12.8. The number of carbonyl (C=O) groups excluding carboxylic acids is 1. The molecule has 30 heavy (non-hydrogen) atoms. The minimum Gasteiger partial charge on any atom is -0.470 e. The molecule has 1 aliphatic rings. The number of anilines is 1. The zero-order chi connectivity index (χ0) is 21.1. The van der Waals surface area contributed by atoms with Crippen LogP contribution >= 0.6 is 11.6 Å². The van der Waals surface area contributed by atoms with Gasteiger partial charge in [0, 0.05) is 24.7 Å². The number of carbonyl (C=O) groups is 1. The Bertz CT molecular complexity index is 1030. The van der Waals surface area contributed by atoms with Gasteiger partial charge in [-0.3, -0.25) is 4.79 Å². The van der Waals surface area contributed by atoms with Crippen LogP contribution in [0.1, 0.15) is 17.7 Å². The van der Waals surface area contributed by atoms with Crippen molar-refractivity contribution in [2.24, 2.45) is 0 Å². The van der Waals surface area contributed by atoms with Gasteiger partial charge in [0.2, 0.25) is 11.8 Å². The van der Waals surface area contributed by atoms with Crippen LogP contribution in [0.25, 0.3) is 5.69 Å². The van der Waals surface area contributed by atoms with Crippen molar-refractivity contribution in [3.05, 3.63) is 58.9 Å². The summed E-state index contributed by atoms with van der Waals surface area (Å²) in [6.07, 6.45) is -1.08. The van der Waals surface area contributed by atoms with Gasteiger partial charge in [-0.05, 0) is 18.2 Å². The van der Waals surface area contributed by atoms with Crippen molar-refractivity contribution < 1.29 is 18.3 Å². The first-order chi connectivity index (χ1) is 14.5. The van der Waals surface area contributed by atoms with Gasteiger partial charge in [-0.25, -0.2) is 13.5 Å². The predicted octanol–water partition coefficient (Wildman–Crippen LogP) is 2.77. The summed E-state index contributed by atoms with van der Waals surface area (Å²) >= 11 is 6.22. The van der Waals surface area contributed by atoms with Gasteiger partial charge < -0.3 is 15.0 Å². The first-order valence-corrected chi connectivity index (χ1v) is 9.48. The second-order valence-electron chi connectivity index (χ2n) is 6.53. The van der Waals surface area contributed by atoms with Crippen LogP contribution in [0.3, 0.4) is 0 Å². The number of nitrogens with one attached hydrogen (secondary N) is 1. The Hall–Kier alpha value is -3.27. The van der Waals surface area contributed by atoms with Gasteiger partial charge in [0.25, 0.3) is 6.43 Å². The third kappa shape index (κ3) is 4.33. The lowest BCUT2D eigenvalue weighted by molar-refractivity contribution is -0.120. The highest BCUT2D eigenvalue weighted by Crippen LogP contribution is 2.24. The number of ether oxygens (including phenoxy) is 1. The summed E-state index contributed by atoms with van der Waals surface area (Å²) in [5.41, 5.74) is 1.05. The van der Waals surface area contributed by atoms with E-state index in [0.717, 1.165) is 0 Å². The number of benzene rings is 1. The zero-order valence-electron chi connectivity index (χ0n) is 15.6. The quantitative estimate of drug-likeness (QED) is 0.642. The molecule has 0 atom stereocenters. The zero-order valence-corrected chi connectivity index (χ0v) is 16.4. The Labute approximate surface area is 175 Å². The van der Waals surface area contributed by atoms with Gasteiger partial charge in [-0.2, -0.15) is 5.10 Å². The topological polar surface area (TPSA) is 85.2 Å². The lowest BCUT2D eigenvalue weighted by Gasteiger charge is -2.27. The monoisotopic (exact) mass is 434 g/mol. The van der Waals surface area contributed by atoms with E-state index in [1.165, 1.54) is 35.1 Å². The molecule has 1 N–H and O–H groups in total. The van der Waals surface area contributed by atoms with E-state index in [4.69, 9.17) is 16.3 Å². The Morgan fingerprint density at radius 3 is 2.63 bits per heavy atom. The molecule has 0 aliphatic carbocycles. The lowest BCUT2D eigenvalue weighted by Crippen LogP contribution is -2.48. The highest BCUT2D eigenvalue weighted by atomic mass is 35.5. The third-order valence-electron chi connectivity index (χ3n) is 4.55. The molecule has 4 rings (SSSR count). The summed E-state index contributed by atoms with van der Waals surface area (Å²) in [5.74, 6) is 0.796. The van der Waals surface area contributed by atoms with Crippen molar-refractivity contribution in [3.63, 3.8) is 0 Å². The summed E-state index contributed by atoms with van der Waals surface area (Å²) in [6, 6.07) is 9.13. The van der Waals surface area contributed by atoms with E-state index in [1.807, 2.05) is 4.90 Å². The summed E-state index contributed by atoms with van der Waals surface area (Å²) in [4.78, 5) is 13.3. The number of hydrogen-bond acceptors (Lipinski definition) is 6. The molecular formula is C19H17ClF2N6O2. The molecule has 156 valence electrons. The molecule has 2 aromatic heterocycles. The Morgan fingerprint density at radius 2 is 1.97 bits per heavy atom. The van der Waals surface area contributed by atoms with Crippen molar-refractivity contribution in [1.29, 1.82) is 0 Å².